The summed E-state index contributed by atoms with van der Waals surface area (Å²) in [5, 5.41) is 1.61. The summed E-state index contributed by atoms with van der Waals surface area (Å²) in [6.07, 6.45) is 14.4. The Morgan fingerprint density at radius 2 is 1.15 bits per heavy atom. The van der Waals surface area contributed by atoms with Gasteiger partial charge >= 0.3 is 0 Å². The molecular formula is C24H33N2P. The SMILES string of the molecule is c1ccc(NNc2ccccc2P(C2CCCCC2)C2CCCCC2)cc1. The van der Waals surface area contributed by atoms with E-state index in [4.69, 9.17) is 0 Å². The highest BCUT2D eigenvalue weighted by Crippen LogP contribution is 2.55. The van der Waals surface area contributed by atoms with Gasteiger partial charge in [-0.25, -0.2) is 0 Å². The van der Waals surface area contributed by atoms with Crippen LogP contribution in [0, 0.1) is 0 Å². The first-order valence-electron chi connectivity index (χ1n) is 10.9. The average molecular weight is 381 g/mol. The third-order valence-corrected chi connectivity index (χ3v) is 9.79. The summed E-state index contributed by atoms with van der Waals surface area (Å²) in [5.74, 6) is 0. The Morgan fingerprint density at radius 3 is 1.78 bits per heavy atom. The van der Waals surface area contributed by atoms with Gasteiger partial charge in [0.15, 0.2) is 0 Å². The molecule has 0 aliphatic heterocycles. The van der Waals surface area contributed by atoms with Crippen molar-refractivity contribution in [1.29, 1.82) is 0 Å². The lowest BCUT2D eigenvalue weighted by atomic mass is 9.99. The molecule has 144 valence electrons. The van der Waals surface area contributed by atoms with Crippen molar-refractivity contribution < 1.29 is 0 Å². The Morgan fingerprint density at radius 1 is 0.593 bits per heavy atom. The zero-order chi connectivity index (χ0) is 18.3. The molecule has 0 heterocycles. The second kappa shape index (κ2) is 9.60. The minimum atomic E-state index is -0.0958. The van der Waals surface area contributed by atoms with Crippen molar-refractivity contribution in [1.82, 2.24) is 0 Å². The molecule has 2 fully saturated rings. The molecule has 0 unspecified atom stereocenters. The van der Waals surface area contributed by atoms with Gasteiger partial charge in [-0.2, -0.15) is 0 Å². The molecule has 2 saturated carbocycles. The lowest BCUT2D eigenvalue weighted by Crippen LogP contribution is -2.28. The molecule has 3 heteroatoms. The van der Waals surface area contributed by atoms with E-state index < -0.39 is 0 Å². The molecule has 2 aliphatic carbocycles. The molecule has 2 nitrogen and oxygen atoms in total. The molecule has 0 atom stereocenters. The molecule has 2 aliphatic rings. The van der Waals surface area contributed by atoms with Crippen LogP contribution in [0.2, 0.25) is 0 Å². The van der Waals surface area contributed by atoms with E-state index in [2.05, 4.69) is 65.4 Å². The van der Waals surface area contributed by atoms with Gasteiger partial charge in [0.05, 0.1) is 11.4 Å². The van der Waals surface area contributed by atoms with Gasteiger partial charge in [0, 0.05) is 5.30 Å². The highest BCUT2D eigenvalue weighted by Gasteiger charge is 2.33. The van der Waals surface area contributed by atoms with Crippen LogP contribution < -0.4 is 16.2 Å². The fourth-order valence-electron chi connectivity index (χ4n) is 4.88. The first-order valence-corrected chi connectivity index (χ1v) is 12.3. The molecule has 27 heavy (non-hydrogen) atoms. The summed E-state index contributed by atoms with van der Waals surface area (Å²) in [5.41, 5.74) is 11.2. The summed E-state index contributed by atoms with van der Waals surface area (Å²) in [4.78, 5) is 0. The van der Waals surface area contributed by atoms with Crippen molar-refractivity contribution in [3.8, 4) is 0 Å². The standard InChI is InChI=1S/C24H33N2P/c1-4-12-20(13-5-1)25-26-23-18-10-11-19-24(23)27(21-14-6-2-7-15-21)22-16-8-3-9-17-22/h1,4-5,10-13,18-19,21-22,25-26H,2-3,6-9,14-17H2. The van der Waals surface area contributed by atoms with Crippen molar-refractivity contribution in [3.05, 3.63) is 54.6 Å². The van der Waals surface area contributed by atoms with E-state index in [1.807, 2.05) is 0 Å². The molecule has 0 amide bonds. The van der Waals surface area contributed by atoms with Gasteiger partial charge in [0.1, 0.15) is 0 Å². The lowest BCUT2D eigenvalue weighted by molar-refractivity contribution is 0.487. The van der Waals surface area contributed by atoms with E-state index in [0.29, 0.717) is 0 Å². The maximum absolute atomic E-state index is 3.55. The van der Waals surface area contributed by atoms with E-state index in [1.54, 1.807) is 5.30 Å². The molecule has 2 aromatic carbocycles. The van der Waals surface area contributed by atoms with Gasteiger partial charge in [0.25, 0.3) is 0 Å². The average Bonchev–Trinajstić information content (AvgIpc) is 2.76. The molecule has 4 rings (SSSR count). The minimum Gasteiger partial charge on any atom is -0.301 e. The van der Waals surface area contributed by atoms with E-state index in [0.717, 1.165) is 17.0 Å². The highest BCUT2D eigenvalue weighted by atomic mass is 31.1. The molecule has 0 aromatic heterocycles. The van der Waals surface area contributed by atoms with Crippen LogP contribution in [-0.2, 0) is 0 Å². The topological polar surface area (TPSA) is 24.1 Å². The van der Waals surface area contributed by atoms with E-state index in [9.17, 15) is 0 Å². The van der Waals surface area contributed by atoms with Crippen molar-refractivity contribution in [2.75, 3.05) is 10.9 Å². The zero-order valence-corrected chi connectivity index (χ0v) is 17.3. The normalized spacial score (nSPS) is 19.1. The Kier molecular flexibility index (Phi) is 6.69. The van der Waals surface area contributed by atoms with Crippen molar-refractivity contribution >= 4 is 24.6 Å². The van der Waals surface area contributed by atoms with Crippen LogP contribution in [0.5, 0.6) is 0 Å². The van der Waals surface area contributed by atoms with Crippen LogP contribution in [0.25, 0.3) is 0 Å². The second-order valence-corrected chi connectivity index (χ2v) is 10.9. The summed E-state index contributed by atoms with van der Waals surface area (Å²) >= 11 is 0. The van der Waals surface area contributed by atoms with E-state index in [1.165, 1.54) is 69.9 Å². The van der Waals surface area contributed by atoms with E-state index in [-0.39, 0.29) is 7.92 Å². The highest BCUT2D eigenvalue weighted by molar-refractivity contribution is 7.67. The van der Waals surface area contributed by atoms with Gasteiger partial charge in [-0.3, -0.25) is 0 Å². The maximum Gasteiger partial charge on any atom is 0.0616 e. The number of anilines is 2. The third-order valence-electron chi connectivity index (χ3n) is 6.23. The summed E-state index contributed by atoms with van der Waals surface area (Å²) in [6, 6.07) is 19.6. The third kappa shape index (κ3) is 4.85. The molecule has 0 spiro atoms. The van der Waals surface area contributed by atoms with Gasteiger partial charge < -0.3 is 10.9 Å². The van der Waals surface area contributed by atoms with E-state index >= 15 is 0 Å². The number of hydrogen-bond donors (Lipinski definition) is 2. The van der Waals surface area contributed by atoms with Crippen LogP contribution >= 0.6 is 7.92 Å². The van der Waals surface area contributed by atoms with Crippen molar-refractivity contribution in [2.45, 2.75) is 75.5 Å². The molecular weight excluding hydrogens is 347 g/mol. The number of para-hydroxylation sites is 2. The summed E-state index contributed by atoms with van der Waals surface area (Å²) in [6.45, 7) is 0. The Hall–Kier alpha value is -1.53. The van der Waals surface area contributed by atoms with Crippen molar-refractivity contribution in [3.63, 3.8) is 0 Å². The fraction of sp³-hybridized carbons (Fsp3) is 0.500. The van der Waals surface area contributed by atoms with Crippen LogP contribution in [-0.4, -0.2) is 11.3 Å². The number of hydrogen-bond acceptors (Lipinski definition) is 2. The molecule has 0 bridgehead atoms. The minimum absolute atomic E-state index is 0.0958. The molecule has 2 aromatic rings. The molecule has 0 saturated heterocycles. The molecule has 2 N–H and O–H groups in total. The first kappa shape index (κ1) is 18.8. The fourth-order valence-corrected chi connectivity index (χ4v) is 8.77. The Balaban J connectivity index is 1.58. The zero-order valence-electron chi connectivity index (χ0n) is 16.4. The number of hydrazine groups is 1. The maximum atomic E-state index is 3.55. The monoisotopic (exact) mass is 380 g/mol. The second-order valence-electron chi connectivity index (χ2n) is 8.12. The van der Waals surface area contributed by atoms with Gasteiger partial charge in [-0.05, 0) is 55.2 Å². The Bertz CT molecular complexity index is 673. The van der Waals surface area contributed by atoms with Crippen LogP contribution in [0.4, 0.5) is 11.4 Å². The van der Waals surface area contributed by atoms with Crippen LogP contribution in [0.1, 0.15) is 64.2 Å². The number of benzene rings is 2. The smallest absolute Gasteiger partial charge is 0.0616 e. The number of rotatable bonds is 6. The van der Waals surface area contributed by atoms with Crippen LogP contribution in [0.15, 0.2) is 54.6 Å². The van der Waals surface area contributed by atoms with Crippen molar-refractivity contribution in [2.24, 2.45) is 0 Å². The van der Waals surface area contributed by atoms with Gasteiger partial charge in [-0.1, -0.05) is 82.8 Å². The predicted molar refractivity (Wildman–Crippen MR) is 120 cm³/mol. The largest absolute Gasteiger partial charge is 0.301 e. The number of nitrogens with one attached hydrogen (secondary N) is 2. The first-order chi connectivity index (χ1) is 13.4. The summed E-state index contributed by atoms with van der Waals surface area (Å²) < 4.78 is 0. The lowest BCUT2D eigenvalue weighted by Gasteiger charge is -2.39. The van der Waals surface area contributed by atoms with Crippen LogP contribution in [0.3, 0.4) is 0 Å². The van der Waals surface area contributed by atoms with Gasteiger partial charge in [0.2, 0.25) is 0 Å². The Labute approximate surface area is 165 Å². The quantitative estimate of drug-likeness (QED) is 0.421. The van der Waals surface area contributed by atoms with Gasteiger partial charge in [-0.15, -0.1) is 0 Å². The summed E-state index contributed by atoms with van der Waals surface area (Å²) in [7, 11) is -0.0958. The predicted octanol–water partition coefficient (Wildman–Crippen LogP) is 6.90. The molecule has 0 radical (unpaired) electrons.